The summed E-state index contributed by atoms with van der Waals surface area (Å²) in [5.74, 6) is -0.119. The van der Waals surface area contributed by atoms with Crippen LogP contribution in [0.5, 0.6) is 0 Å². The van der Waals surface area contributed by atoms with Gasteiger partial charge in [-0.2, -0.15) is 4.31 Å². The van der Waals surface area contributed by atoms with Crippen LogP contribution in [0.1, 0.15) is 29.3 Å². The maximum absolute atomic E-state index is 13.1. The van der Waals surface area contributed by atoms with Crippen molar-refractivity contribution in [3.05, 3.63) is 69.8 Å². The number of carbonyl (C=O) groups is 1. The molecule has 0 atom stereocenters. The van der Waals surface area contributed by atoms with E-state index in [0.717, 1.165) is 5.56 Å². The van der Waals surface area contributed by atoms with Gasteiger partial charge in [0, 0.05) is 37.8 Å². The fourth-order valence-electron chi connectivity index (χ4n) is 3.49. The lowest BCUT2D eigenvalue weighted by Gasteiger charge is -2.31. The molecule has 0 saturated heterocycles. The lowest BCUT2D eigenvalue weighted by atomic mass is 9.99. The van der Waals surface area contributed by atoms with Crippen molar-refractivity contribution in [1.29, 1.82) is 0 Å². The number of nitrogens with zero attached hydrogens (tertiary/aromatic N) is 3. The lowest BCUT2D eigenvalue weighted by Crippen LogP contribution is -2.44. The number of fused-ring (bicyclic) bond motifs is 1. The fraction of sp³-hybridized carbons (Fsp3) is 0.350. The van der Waals surface area contributed by atoms with Gasteiger partial charge in [-0.3, -0.25) is 14.9 Å². The quantitative estimate of drug-likeness (QED) is 0.486. The lowest BCUT2D eigenvalue weighted by molar-refractivity contribution is -0.387. The first-order chi connectivity index (χ1) is 13.9. The van der Waals surface area contributed by atoms with Crippen LogP contribution >= 0.6 is 0 Å². The first kappa shape index (κ1) is 20.9. The van der Waals surface area contributed by atoms with Gasteiger partial charge in [0.15, 0.2) is 4.90 Å². The number of rotatable bonds is 8. The Labute approximate surface area is 169 Å². The Kier molecular flexibility index (Phi) is 6.29. The average Bonchev–Trinajstić information content (AvgIpc) is 2.72. The number of hydrogen-bond acceptors (Lipinski definition) is 5. The SMILES string of the molecule is CCCN(CCN1CCc2ccccc2C1=O)S(=O)(=O)c1ccccc1[N+](=O)[O-]. The molecule has 0 bridgehead atoms. The van der Waals surface area contributed by atoms with E-state index in [1.54, 1.807) is 11.0 Å². The Bertz CT molecular complexity index is 1020. The zero-order valence-electron chi connectivity index (χ0n) is 16.2. The number of hydrogen-bond donors (Lipinski definition) is 0. The normalized spacial score (nSPS) is 14.1. The number of benzene rings is 2. The van der Waals surface area contributed by atoms with E-state index in [-0.39, 0.29) is 30.4 Å². The van der Waals surface area contributed by atoms with E-state index in [2.05, 4.69) is 0 Å². The van der Waals surface area contributed by atoms with E-state index >= 15 is 0 Å². The van der Waals surface area contributed by atoms with Crippen LogP contribution in [0.4, 0.5) is 5.69 Å². The molecule has 0 unspecified atom stereocenters. The first-order valence-electron chi connectivity index (χ1n) is 9.47. The van der Waals surface area contributed by atoms with Crippen molar-refractivity contribution in [2.24, 2.45) is 0 Å². The van der Waals surface area contributed by atoms with Gasteiger partial charge in [0.2, 0.25) is 10.0 Å². The third-order valence-corrected chi connectivity index (χ3v) is 6.90. The molecule has 3 rings (SSSR count). The van der Waals surface area contributed by atoms with Crippen LogP contribution < -0.4 is 0 Å². The molecule has 2 aromatic rings. The van der Waals surface area contributed by atoms with Crippen molar-refractivity contribution >= 4 is 21.6 Å². The van der Waals surface area contributed by atoms with E-state index < -0.39 is 20.6 Å². The van der Waals surface area contributed by atoms with Crippen LogP contribution in [-0.2, 0) is 16.4 Å². The molecular weight excluding hydrogens is 394 g/mol. The zero-order chi connectivity index (χ0) is 21.0. The van der Waals surface area contributed by atoms with Crippen molar-refractivity contribution in [1.82, 2.24) is 9.21 Å². The number of nitro groups is 1. The summed E-state index contributed by atoms with van der Waals surface area (Å²) in [6, 6.07) is 12.7. The van der Waals surface area contributed by atoms with Crippen molar-refractivity contribution in [2.45, 2.75) is 24.7 Å². The third-order valence-electron chi connectivity index (χ3n) is 4.96. The van der Waals surface area contributed by atoms with Crippen LogP contribution in [0.15, 0.2) is 53.4 Å². The highest BCUT2D eigenvalue weighted by Gasteiger charge is 2.32. The highest BCUT2D eigenvalue weighted by atomic mass is 32.2. The molecule has 0 saturated carbocycles. The largest absolute Gasteiger partial charge is 0.337 e. The second-order valence-corrected chi connectivity index (χ2v) is 8.73. The first-order valence-corrected chi connectivity index (χ1v) is 10.9. The molecule has 1 aliphatic rings. The van der Waals surface area contributed by atoms with Gasteiger partial charge in [-0.1, -0.05) is 37.3 Å². The van der Waals surface area contributed by atoms with E-state index in [4.69, 9.17) is 0 Å². The van der Waals surface area contributed by atoms with Crippen LogP contribution in [0.2, 0.25) is 0 Å². The molecule has 0 N–H and O–H groups in total. The topological polar surface area (TPSA) is 101 Å². The Morgan fingerprint density at radius 1 is 1.10 bits per heavy atom. The predicted octanol–water partition coefficient (Wildman–Crippen LogP) is 2.69. The van der Waals surface area contributed by atoms with Gasteiger partial charge in [-0.15, -0.1) is 0 Å². The van der Waals surface area contributed by atoms with Crippen molar-refractivity contribution in [3.63, 3.8) is 0 Å². The summed E-state index contributed by atoms with van der Waals surface area (Å²) in [5.41, 5.74) is 1.19. The van der Waals surface area contributed by atoms with Gasteiger partial charge in [0.05, 0.1) is 4.92 Å². The Balaban J connectivity index is 1.81. The molecule has 0 fully saturated rings. The number of sulfonamides is 1. The Morgan fingerprint density at radius 2 is 1.79 bits per heavy atom. The van der Waals surface area contributed by atoms with Crippen LogP contribution in [0.3, 0.4) is 0 Å². The minimum Gasteiger partial charge on any atom is -0.337 e. The number of carbonyl (C=O) groups excluding carboxylic acids is 1. The molecule has 1 aliphatic heterocycles. The summed E-state index contributed by atoms with van der Waals surface area (Å²) in [6.07, 6.45) is 1.27. The molecule has 2 aromatic carbocycles. The smallest absolute Gasteiger partial charge is 0.289 e. The maximum atomic E-state index is 13.1. The minimum atomic E-state index is -4.06. The third kappa shape index (κ3) is 4.30. The van der Waals surface area contributed by atoms with Crippen molar-refractivity contribution in [2.75, 3.05) is 26.2 Å². The van der Waals surface area contributed by atoms with E-state index in [0.29, 0.717) is 24.9 Å². The van der Waals surface area contributed by atoms with Crippen LogP contribution in [0.25, 0.3) is 0 Å². The van der Waals surface area contributed by atoms with E-state index in [9.17, 15) is 23.3 Å². The fourth-order valence-corrected chi connectivity index (χ4v) is 5.17. The molecule has 29 heavy (non-hydrogen) atoms. The standard InChI is InChI=1S/C20H23N3O5S/c1-2-12-22(29(27,28)19-10-6-5-9-18(19)23(25)26)15-14-21-13-11-16-7-3-4-8-17(16)20(21)24/h3-10H,2,11-15H2,1H3. The van der Waals surface area contributed by atoms with E-state index in [1.807, 2.05) is 25.1 Å². The molecule has 9 heteroatoms. The highest BCUT2D eigenvalue weighted by molar-refractivity contribution is 7.89. The molecule has 1 amide bonds. The molecule has 0 radical (unpaired) electrons. The Hall–Kier alpha value is -2.78. The molecule has 1 heterocycles. The highest BCUT2D eigenvalue weighted by Crippen LogP contribution is 2.26. The van der Waals surface area contributed by atoms with Crippen LogP contribution in [0, 0.1) is 10.1 Å². The summed E-state index contributed by atoms with van der Waals surface area (Å²) in [4.78, 5) is 24.6. The van der Waals surface area contributed by atoms with E-state index in [1.165, 1.54) is 28.6 Å². The van der Waals surface area contributed by atoms with Crippen molar-refractivity contribution in [3.8, 4) is 0 Å². The summed E-state index contributed by atoms with van der Waals surface area (Å²) >= 11 is 0. The number of amides is 1. The monoisotopic (exact) mass is 417 g/mol. The van der Waals surface area contributed by atoms with Gasteiger partial charge in [-0.25, -0.2) is 8.42 Å². The number of para-hydroxylation sites is 1. The molecule has 8 nitrogen and oxygen atoms in total. The maximum Gasteiger partial charge on any atom is 0.289 e. The van der Waals surface area contributed by atoms with Gasteiger partial charge in [0.1, 0.15) is 0 Å². The Morgan fingerprint density at radius 3 is 2.52 bits per heavy atom. The second kappa shape index (κ2) is 8.71. The van der Waals surface area contributed by atoms with Crippen molar-refractivity contribution < 1.29 is 18.1 Å². The number of nitro benzene ring substituents is 1. The summed E-state index contributed by atoms with van der Waals surface area (Å²) in [6.45, 7) is 2.88. The van der Waals surface area contributed by atoms with Gasteiger partial charge in [-0.05, 0) is 30.5 Å². The van der Waals surface area contributed by atoms with Gasteiger partial charge >= 0.3 is 0 Å². The molecule has 0 spiro atoms. The molecular formula is C20H23N3O5S. The predicted molar refractivity (Wildman–Crippen MR) is 108 cm³/mol. The second-order valence-electron chi connectivity index (χ2n) is 6.83. The summed E-state index contributed by atoms with van der Waals surface area (Å²) in [5, 5.41) is 11.3. The average molecular weight is 417 g/mol. The molecule has 0 aromatic heterocycles. The molecule has 154 valence electrons. The minimum absolute atomic E-state index is 0.0795. The van der Waals surface area contributed by atoms with Gasteiger partial charge in [0.25, 0.3) is 11.6 Å². The molecule has 0 aliphatic carbocycles. The summed E-state index contributed by atoms with van der Waals surface area (Å²) < 4.78 is 27.5. The van der Waals surface area contributed by atoms with Crippen LogP contribution in [-0.4, -0.2) is 54.6 Å². The van der Waals surface area contributed by atoms with Gasteiger partial charge < -0.3 is 4.90 Å². The summed E-state index contributed by atoms with van der Waals surface area (Å²) in [7, 11) is -4.06. The zero-order valence-corrected chi connectivity index (χ0v) is 17.0.